The zero-order valence-corrected chi connectivity index (χ0v) is 13.3. The Balaban J connectivity index is 0. The van der Waals surface area contributed by atoms with Gasteiger partial charge in [0, 0.05) is 26.2 Å². The van der Waals surface area contributed by atoms with Gasteiger partial charge in [-0.25, -0.2) is 11.6 Å². The van der Waals surface area contributed by atoms with Crippen LogP contribution in [0.4, 0.5) is 0 Å². The van der Waals surface area contributed by atoms with Crippen LogP contribution >= 0.6 is 24.8 Å². The maximum atomic E-state index is 3.47. The zero-order chi connectivity index (χ0) is 8.44. The number of rotatable bonds is 1. The van der Waals surface area contributed by atoms with Gasteiger partial charge in [-0.05, 0) is 18.3 Å². The Kier molecular flexibility index (Phi) is 9.88. The second-order valence-electron chi connectivity index (χ2n) is 4.32. The SMILES string of the molecule is CC1(C2=[C-]CC=C2)CCCCC1.Cl.Cl.[Zr]. The predicted molar refractivity (Wildman–Crippen MR) is 66.2 cm³/mol. The summed E-state index contributed by atoms with van der Waals surface area (Å²) in [6.45, 7) is 2.41. The van der Waals surface area contributed by atoms with Crippen LogP contribution in [0.5, 0.6) is 0 Å². The minimum atomic E-state index is 0. The first-order valence-electron chi connectivity index (χ1n) is 5.09. The van der Waals surface area contributed by atoms with Crippen molar-refractivity contribution in [2.24, 2.45) is 5.41 Å². The Morgan fingerprint density at radius 3 is 2.20 bits per heavy atom. The molecule has 0 nitrogen and oxygen atoms in total. The number of hydrogen-bond acceptors (Lipinski definition) is 0. The third kappa shape index (κ3) is 4.37. The van der Waals surface area contributed by atoms with Gasteiger partial charge in [0.05, 0.1) is 0 Å². The van der Waals surface area contributed by atoms with Crippen molar-refractivity contribution in [2.45, 2.75) is 45.4 Å². The van der Waals surface area contributed by atoms with E-state index in [2.05, 4.69) is 25.2 Å². The van der Waals surface area contributed by atoms with Gasteiger partial charge in [-0.2, -0.15) is 6.08 Å². The van der Waals surface area contributed by atoms with Crippen LogP contribution in [0.1, 0.15) is 45.4 Å². The predicted octanol–water partition coefficient (Wildman–Crippen LogP) is 4.49. The Morgan fingerprint density at radius 2 is 1.73 bits per heavy atom. The molecule has 0 aromatic heterocycles. The van der Waals surface area contributed by atoms with Gasteiger partial charge < -0.3 is 0 Å². The van der Waals surface area contributed by atoms with Gasteiger partial charge in [-0.3, -0.25) is 6.08 Å². The first kappa shape index (κ1) is 18.3. The minimum Gasteiger partial charge on any atom is -0.269 e. The van der Waals surface area contributed by atoms with E-state index in [1.807, 2.05) is 0 Å². The van der Waals surface area contributed by atoms with Crippen molar-refractivity contribution >= 4 is 24.8 Å². The van der Waals surface area contributed by atoms with Crippen LogP contribution in [0.15, 0.2) is 17.7 Å². The molecule has 15 heavy (non-hydrogen) atoms. The van der Waals surface area contributed by atoms with Crippen LogP contribution in [0.25, 0.3) is 0 Å². The van der Waals surface area contributed by atoms with Crippen LogP contribution in [-0.4, -0.2) is 0 Å². The third-order valence-corrected chi connectivity index (χ3v) is 3.30. The van der Waals surface area contributed by atoms with E-state index in [9.17, 15) is 0 Å². The molecule has 86 valence electrons. The molecular formula is C12H19Cl2Zr-. The molecule has 1 saturated carbocycles. The average Bonchev–Trinajstić information content (AvgIpc) is 2.58. The largest absolute Gasteiger partial charge is 0.269 e. The van der Waals surface area contributed by atoms with Crippen LogP contribution in [0, 0.1) is 11.5 Å². The molecule has 0 unspecified atom stereocenters. The molecule has 0 spiro atoms. The maximum absolute atomic E-state index is 3.47. The number of halogens is 2. The monoisotopic (exact) mass is 323 g/mol. The summed E-state index contributed by atoms with van der Waals surface area (Å²) in [5.41, 5.74) is 1.97. The van der Waals surface area contributed by atoms with Gasteiger partial charge in [-0.1, -0.05) is 26.2 Å². The third-order valence-electron chi connectivity index (χ3n) is 3.30. The Morgan fingerprint density at radius 1 is 1.13 bits per heavy atom. The summed E-state index contributed by atoms with van der Waals surface area (Å²) in [6.07, 6.45) is 16.0. The zero-order valence-electron chi connectivity index (χ0n) is 9.21. The van der Waals surface area contributed by atoms with Crippen molar-refractivity contribution in [3.63, 3.8) is 0 Å². The van der Waals surface area contributed by atoms with E-state index in [0.717, 1.165) is 6.42 Å². The van der Waals surface area contributed by atoms with E-state index in [0.29, 0.717) is 5.41 Å². The second-order valence-corrected chi connectivity index (χ2v) is 4.32. The summed E-state index contributed by atoms with van der Waals surface area (Å²) in [6, 6.07) is 0. The molecule has 1 fully saturated rings. The molecule has 0 aliphatic heterocycles. The summed E-state index contributed by atoms with van der Waals surface area (Å²) in [5.74, 6) is 0. The van der Waals surface area contributed by atoms with Crippen molar-refractivity contribution in [2.75, 3.05) is 0 Å². The fraction of sp³-hybridized carbons (Fsp3) is 0.667. The molecule has 2 aliphatic rings. The smallest absolute Gasteiger partial charge is 0 e. The van der Waals surface area contributed by atoms with Crippen LogP contribution in [0.2, 0.25) is 0 Å². The summed E-state index contributed by atoms with van der Waals surface area (Å²) >= 11 is 0. The Bertz CT molecular complexity index is 228. The Hall–Kier alpha value is 0.943. The fourth-order valence-corrected chi connectivity index (χ4v) is 2.42. The van der Waals surface area contributed by atoms with E-state index in [4.69, 9.17) is 0 Å². The number of hydrogen-bond donors (Lipinski definition) is 0. The average molecular weight is 325 g/mol. The molecule has 0 radical (unpaired) electrons. The van der Waals surface area contributed by atoms with Crippen molar-refractivity contribution in [3.05, 3.63) is 23.8 Å². The molecule has 0 saturated heterocycles. The van der Waals surface area contributed by atoms with Crippen molar-refractivity contribution < 1.29 is 26.2 Å². The molecule has 0 heterocycles. The van der Waals surface area contributed by atoms with E-state index in [1.165, 1.54) is 37.7 Å². The molecule has 2 aliphatic carbocycles. The molecule has 3 heteroatoms. The van der Waals surface area contributed by atoms with Gasteiger partial charge in [-0.15, -0.1) is 31.2 Å². The van der Waals surface area contributed by atoms with Crippen molar-refractivity contribution in [3.8, 4) is 0 Å². The van der Waals surface area contributed by atoms with Crippen molar-refractivity contribution in [1.82, 2.24) is 0 Å². The van der Waals surface area contributed by atoms with E-state index >= 15 is 0 Å². The molecule has 0 bridgehead atoms. The molecule has 0 aromatic rings. The summed E-state index contributed by atoms with van der Waals surface area (Å²) < 4.78 is 0. The molecular weight excluding hydrogens is 306 g/mol. The minimum absolute atomic E-state index is 0. The molecule has 0 amide bonds. The first-order chi connectivity index (χ1) is 5.81. The maximum Gasteiger partial charge on any atom is 0 e. The van der Waals surface area contributed by atoms with Gasteiger partial charge in [0.25, 0.3) is 0 Å². The Labute approximate surface area is 125 Å². The second kappa shape index (κ2) is 8.10. The van der Waals surface area contributed by atoms with E-state index < -0.39 is 0 Å². The molecule has 2 rings (SSSR count). The summed E-state index contributed by atoms with van der Waals surface area (Å²) in [4.78, 5) is 0. The summed E-state index contributed by atoms with van der Waals surface area (Å²) in [5, 5.41) is 0. The van der Waals surface area contributed by atoms with Crippen molar-refractivity contribution in [1.29, 1.82) is 0 Å². The van der Waals surface area contributed by atoms with E-state index in [1.54, 1.807) is 0 Å². The van der Waals surface area contributed by atoms with Gasteiger partial charge >= 0.3 is 0 Å². The molecule has 0 atom stereocenters. The van der Waals surface area contributed by atoms with Crippen LogP contribution in [0.3, 0.4) is 0 Å². The normalized spacial score (nSPS) is 21.8. The number of allylic oxidation sites excluding steroid dienone is 4. The molecule has 0 aromatic carbocycles. The topological polar surface area (TPSA) is 0 Å². The van der Waals surface area contributed by atoms with Gasteiger partial charge in [0.2, 0.25) is 0 Å². The molecule has 0 N–H and O–H groups in total. The standard InChI is InChI=1S/C12H17.2ClH.Zr/c1-12(9-5-2-6-10-12)11-7-3-4-8-11;;;/h3,7H,2,4-6,9-10H2,1H3;2*1H;/q-1;;;. The first-order valence-corrected chi connectivity index (χ1v) is 5.09. The van der Waals surface area contributed by atoms with Gasteiger partial charge in [0.15, 0.2) is 0 Å². The van der Waals surface area contributed by atoms with E-state index in [-0.39, 0.29) is 51.0 Å². The van der Waals surface area contributed by atoms with Crippen LogP contribution in [-0.2, 0) is 26.2 Å². The quantitative estimate of drug-likeness (QED) is 0.623. The summed E-state index contributed by atoms with van der Waals surface area (Å²) in [7, 11) is 0. The van der Waals surface area contributed by atoms with Crippen LogP contribution < -0.4 is 0 Å². The fourth-order valence-electron chi connectivity index (χ4n) is 2.42. The van der Waals surface area contributed by atoms with Gasteiger partial charge in [0.1, 0.15) is 0 Å².